The molecule has 1 atom stereocenters. The van der Waals surface area contributed by atoms with Crippen molar-refractivity contribution in [3.8, 4) is 5.75 Å². The topological polar surface area (TPSA) is 87.7 Å². The second-order valence-electron chi connectivity index (χ2n) is 5.03. The third-order valence-corrected chi connectivity index (χ3v) is 4.36. The number of benzene rings is 1. The smallest absolute Gasteiger partial charge is 0.338 e. The second kappa shape index (κ2) is 7.35. The van der Waals surface area contributed by atoms with Crippen molar-refractivity contribution in [2.45, 2.75) is 26.3 Å². The zero-order valence-corrected chi connectivity index (χ0v) is 15.7. The summed E-state index contributed by atoms with van der Waals surface area (Å²) in [5, 5.41) is 15.5. The Morgan fingerprint density at radius 1 is 1.39 bits per heavy atom. The van der Waals surface area contributed by atoms with E-state index < -0.39 is 18.0 Å². The lowest BCUT2D eigenvalue weighted by atomic mass is 9.95. The molecule has 6 nitrogen and oxygen atoms in total. The summed E-state index contributed by atoms with van der Waals surface area (Å²) in [6.45, 7) is 3.80. The van der Waals surface area contributed by atoms with Gasteiger partial charge in [0.2, 0.25) is 0 Å². The summed E-state index contributed by atoms with van der Waals surface area (Å²) in [4.78, 5) is 24.2. The van der Waals surface area contributed by atoms with E-state index in [1.54, 1.807) is 19.1 Å². The molecule has 2 rings (SSSR count). The predicted molar refractivity (Wildman–Crippen MR) is 91.9 cm³/mol. The summed E-state index contributed by atoms with van der Waals surface area (Å²) >= 11 is 6.59. The Morgan fingerprint density at radius 2 is 2.09 bits per heavy atom. The monoisotopic (exact) mass is 446 g/mol. The first kappa shape index (κ1) is 17.8. The van der Waals surface area contributed by atoms with Gasteiger partial charge in [0.1, 0.15) is 5.75 Å². The number of ether oxygens (including phenoxy) is 1. The first-order chi connectivity index (χ1) is 10.8. The van der Waals surface area contributed by atoms with Gasteiger partial charge in [0.05, 0.1) is 22.7 Å². The molecule has 0 saturated heterocycles. The van der Waals surface area contributed by atoms with Crippen LogP contribution in [0, 0.1) is 0 Å². The number of allylic oxidation sites excluding steroid dienone is 1. The number of hydrogen-bond acceptors (Lipinski definition) is 4. The number of aromatic hydroxyl groups is 1. The number of urea groups is 1. The second-order valence-corrected chi connectivity index (χ2v) is 6.80. The van der Waals surface area contributed by atoms with Crippen LogP contribution in [0.2, 0.25) is 0 Å². The summed E-state index contributed by atoms with van der Waals surface area (Å²) in [6, 6.07) is 2.07. The molecule has 1 aromatic carbocycles. The van der Waals surface area contributed by atoms with Crippen molar-refractivity contribution in [2.24, 2.45) is 0 Å². The van der Waals surface area contributed by atoms with E-state index in [-0.39, 0.29) is 17.9 Å². The Bertz CT molecular complexity index is 688. The minimum atomic E-state index is -0.804. The van der Waals surface area contributed by atoms with E-state index in [2.05, 4.69) is 42.5 Å². The number of phenols is 1. The minimum Gasteiger partial charge on any atom is -0.506 e. The molecule has 0 bridgehead atoms. The van der Waals surface area contributed by atoms with Gasteiger partial charge < -0.3 is 20.5 Å². The highest BCUT2D eigenvalue weighted by molar-refractivity contribution is 9.11. The normalized spacial score (nSPS) is 17.6. The van der Waals surface area contributed by atoms with Gasteiger partial charge in [0.15, 0.2) is 0 Å². The summed E-state index contributed by atoms with van der Waals surface area (Å²) in [5.41, 5.74) is 1.05. The van der Waals surface area contributed by atoms with Crippen molar-refractivity contribution in [2.75, 3.05) is 6.61 Å². The molecule has 23 heavy (non-hydrogen) atoms. The van der Waals surface area contributed by atoms with Crippen molar-refractivity contribution in [3.05, 3.63) is 37.9 Å². The maximum Gasteiger partial charge on any atom is 0.338 e. The summed E-state index contributed by atoms with van der Waals surface area (Å²) in [7, 11) is 0. The van der Waals surface area contributed by atoms with Crippen molar-refractivity contribution < 1.29 is 19.4 Å². The van der Waals surface area contributed by atoms with Gasteiger partial charge in [-0.05, 0) is 41.4 Å². The largest absolute Gasteiger partial charge is 0.506 e. The molecule has 124 valence electrons. The highest BCUT2D eigenvalue weighted by Gasteiger charge is 2.34. The van der Waals surface area contributed by atoms with E-state index in [0.717, 1.165) is 0 Å². The fourth-order valence-electron chi connectivity index (χ4n) is 2.28. The van der Waals surface area contributed by atoms with Crippen molar-refractivity contribution in [1.29, 1.82) is 0 Å². The fraction of sp³-hybridized carbons (Fsp3) is 0.333. The number of rotatable bonds is 4. The lowest BCUT2D eigenvalue weighted by Gasteiger charge is -2.28. The van der Waals surface area contributed by atoms with Crippen LogP contribution in [0.25, 0.3) is 0 Å². The summed E-state index contributed by atoms with van der Waals surface area (Å²) in [5.74, 6) is -0.577. The average molecular weight is 448 g/mol. The Kier molecular flexibility index (Phi) is 5.69. The molecule has 0 saturated carbocycles. The number of carbonyl (C=O) groups is 2. The van der Waals surface area contributed by atoms with Crippen LogP contribution in [-0.2, 0) is 9.53 Å². The number of amides is 2. The first-order valence-corrected chi connectivity index (χ1v) is 8.57. The molecule has 0 aromatic heterocycles. The Hall–Kier alpha value is -1.54. The van der Waals surface area contributed by atoms with E-state index in [1.165, 1.54) is 0 Å². The number of esters is 1. The van der Waals surface area contributed by atoms with E-state index in [9.17, 15) is 14.7 Å². The van der Waals surface area contributed by atoms with Gasteiger partial charge in [-0.15, -0.1) is 0 Å². The summed E-state index contributed by atoms with van der Waals surface area (Å²) in [6.07, 6.45) is 0.691. The highest BCUT2D eigenvalue weighted by atomic mass is 79.9. The number of carbonyl (C=O) groups excluding carboxylic acids is 2. The number of hydrogen-bond donors (Lipinski definition) is 3. The molecular weight excluding hydrogens is 432 g/mol. The van der Waals surface area contributed by atoms with Crippen LogP contribution < -0.4 is 10.6 Å². The molecule has 3 N–H and O–H groups in total. The van der Waals surface area contributed by atoms with Crippen LogP contribution in [0.3, 0.4) is 0 Å². The zero-order valence-electron chi connectivity index (χ0n) is 12.6. The van der Waals surface area contributed by atoms with E-state index >= 15 is 0 Å². The van der Waals surface area contributed by atoms with Crippen LogP contribution in [-0.4, -0.2) is 23.7 Å². The number of halogens is 2. The fourth-order valence-corrected chi connectivity index (χ4v) is 3.53. The third kappa shape index (κ3) is 3.87. The SMILES string of the molecule is CCCOC(=O)C1=C(C)NC(=O)NC1c1cc(Br)cc(Br)c1O. The Labute approximate surface area is 150 Å². The van der Waals surface area contributed by atoms with Crippen LogP contribution in [0.1, 0.15) is 31.9 Å². The van der Waals surface area contributed by atoms with E-state index in [0.29, 0.717) is 26.6 Å². The Balaban J connectivity index is 2.51. The maximum absolute atomic E-state index is 12.4. The van der Waals surface area contributed by atoms with Crippen LogP contribution in [0.15, 0.2) is 32.3 Å². The van der Waals surface area contributed by atoms with E-state index in [4.69, 9.17) is 4.74 Å². The van der Waals surface area contributed by atoms with Gasteiger partial charge in [0, 0.05) is 15.7 Å². The van der Waals surface area contributed by atoms with Gasteiger partial charge in [-0.25, -0.2) is 9.59 Å². The molecule has 1 aromatic rings. The molecule has 0 aliphatic carbocycles. The van der Waals surface area contributed by atoms with Crippen LogP contribution in [0.4, 0.5) is 4.79 Å². The highest BCUT2D eigenvalue weighted by Crippen LogP contribution is 2.39. The lowest BCUT2D eigenvalue weighted by Crippen LogP contribution is -2.45. The third-order valence-electron chi connectivity index (χ3n) is 3.30. The quantitative estimate of drug-likeness (QED) is 0.616. The molecule has 1 aliphatic heterocycles. The standard InChI is InChI=1S/C15H16Br2N2O4/c1-3-4-23-14(21)11-7(2)18-15(22)19-12(11)9-5-8(16)6-10(17)13(9)20/h5-6,12,20H,3-4H2,1-2H3,(H2,18,19,22). The molecule has 0 spiro atoms. The van der Waals surface area contributed by atoms with Gasteiger partial charge in [0.25, 0.3) is 0 Å². The predicted octanol–water partition coefficient (Wildman–Crippen LogP) is 3.50. The first-order valence-electron chi connectivity index (χ1n) is 6.98. The molecule has 1 aliphatic rings. The van der Waals surface area contributed by atoms with E-state index in [1.807, 2.05) is 6.92 Å². The van der Waals surface area contributed by atoms with Gasteiger partial charge in [-0.3, -0.25) is 0 Å². The van der Waals surface area contributed by atoms with Crippen LogP contribution >= 0.6 is 31.9 Å². The summed E-state index contributed by atoms with van der Waals surface area (Å²) < 4.78 is 6.35. The van der Waals surface area contributed by atoms with Crippen molar-refractivity contribution >= 4 is 43.9 Å². The zero-order chi connectivity index (χ0) is 17.1. The molecule has 1 heterocycles. The number of nitrogens with one attached hydrogen (secondary N) is 2. The minimum absolute atomic E-state index is 0.0472. The molecule has 8 heteroatoms. The molecular formula is C15H16Br2N2O4. The van der Waals surface area contributed by atoms with Crippen molar-refractivity contribution in [3.63, 3.8) is 0 Å². The maximum atomic E-state index is 12.4. The van der Waals surface area contributed by atoms with Crippen molar-refractivity contribution in [1.82, 2.24) is 10.6 Å². The molecule has 1 unspecified atom stereocenters. The molecule has 0 radical (unpaired) electrons. The molecule has 0 fully saturated rings. The number of phenolic OH excluding ortho intramolecular Hbond substituents is 1. The van der Waals surface area contributed by atoms with Gasteiger partial charge in [-0.2, -0.15) is 0 Å². The average Bonchev–Trinajstić information content (AvgIpc) is 2.47. The molecule has 2 amide bonds. The lowest BCUT2D eigenvalue weighted by molar-refractivity contribution is -0.139. The van der Waals surface area contributed by atoms with Gasteiger partial charge >= 0.3 is 12.0 Å². The van der Waals surface area contributed by atoms with Crippen LogP contribution in [0.5, 0.6) is 5.75 Å². The van der Waals surface area contributed by atoms with Gasteiger partial charge in [-0.1, -0.05) is 22.9 Å². The Morgan fingerprint density at radius 3 is 2.74 bits per heavy atom.